The molecule has 0 rings (SSSR count). The van der Waals surface area contributed by atoms with Gasteiger partial charge in [-0.2, -0.15) is 0 Å². The standard InChI is InChI=1S/C10H19NO3/c1-2-3-4-5-6-7-9(10(13)14)11-8-12/h8-9H,2-7H2,1H3,(H,11,12)(H,13,14). The predicted octanol–water partition coefficient (Wildman–Crippen LogP) is 1.55. The summed E-state index contributed by atoms with van der Waals surface area (Å²) in [6, 6.07) is -0.714. The van der Waals surface area contributed by atoms with Crippen molar-refractivity contribution in [2.75, 3.05) is 0 Å². The van der Waals surface area contributed by atoms with E-state index in [0.717, 1.165) is 19.3 Å². The Kier molecular flexibility index (Phi) is 7.89. The molecule has 0 saturated carbocycles. The van der Waals surface area contributed by atoms with Crippen molar-refractivity contribution in [3.8, 4) is 0 Å². The number of carboxylic acids is 1. The molecule has 1 unspecified atom stereocenters. The first kappa shape index (κ1) is 12.9. The number of hydrogen-bond donors (Lipinski definition) is 2. The van der Waals surface area contributed by atoms with E-state index < -0.39 is 12.0 Å². The van der Waals surface area contributed by atoms with Gasteiger partial charge in [0.1, 0.15) is 6.04 Å². The smallest absolute Gasteiger partial charge is 0.326 e. The molecular weight excluding hydrogens is 182 g/mol. The molecule has 4 heteroatoms. The molecule has 2 N–H and O–H groups in total. The third kappa shape index (κ3) is 6.46. The number of carboxylic acid groups (broad SMARTS) is 1. The maximum absolute atomic E-state index is 10.6. The normalized spacial score (nSPS) is 12.1. The van der Waals surface area contributed by atoms with E-state index in [-0.39, 0.29) is 0 Å². The average molecular weight is 201 g/mol. The molecule has 0 aliphatic heterocycles. The van der Waals surface area contributed by atoms with Crippen molar-refractivity contribution in [1.29, 1.82) is 0 Å². The minimum absolute atomic E-state index is 0.449. The van der Waals surface area contributed by atoms with Gasteiger partial charge in [-0.1, -0.05) is 39.0 Å². The molecule has 82 valence electrons. The lowest BCUT2D eigenvalue weighted by atomic mass is 10.1. The molecule has 0 aliphatic rings. The van der Waals surface area contributed by atoms with Gasteiger partial charge in [0.05, 0.1) is 0 Å². The Hall–Kier alpha value is -1.06. The highest BCUT2D eigenvalue weighted by atomic mass is 16.4. The molecule has 0 saturated heterocycles. The molecule has 4 nitrogen and oxygen atoms in total. The van der Waals surface area contributed by atoms with Crippen LogP contribution in [-0.2, 0) is 9.59 Å². The van der Waals surface area contributed by atoms with E-state index in [2.05, 4.69) is 12.2 Å². The van der Waals surface area contributed by atoms with Crippen LogP contribution in [0.1, 0.15) is 45.4 Å². The first-order valence-electron chi connectivity index (χ1n) is 5.14. The number of carbonyl (C=O) groups is 2. The molecule has 0 aromatic rings. The zero-order valence-corrected chi connectivity index (χ0v) is 8.66. The molecule has 0 heterocycles. The van der Waals surface area contributed by atoms with Gasteiger partial charge in [-0.3, -0.25) is 4.79 Å². The van der Waals surface area contributed by atoms with Crippen molar-refractivity contribution in [2.24, 2.45) is 0 Å². The SMILES string of the molecule is CCCCCCCC(NC=O)C(=O)O. The van der Waals surface area contributed by atoms with E-state index in [1.54, 1.807) is 0 Å². The monoisotopic (exact) mass is 201 g/mol. The molecular formula is C10H19NO3. The number of unbranched alkanes of at least 4 members (excludes halogenated alkanes) is 4. The lowest BCUT2D eigenvalue weighted by Gasteiger charge is -2.10. The van der Waals surface area contributed by atoms with Crippen molar-refractivity contribution in [2.45, 2.75) is 51.5 Å². The Labute approximate surface area is 84.7 Å². The third-order valence-electron chi connectivity index (χ3n) is 2.16. The highest BCUT2D eigenvalue weighted by Crippen LogP contribution is 2.07. The molecule has 0 radical (unpaired) electrons. The van der Waals surface area contributed by atoms with Crippen LogP contribution in [0.25, 0.3) is 0 Å². The van der Waals surface area contributed by atoms with Crippen molar-refractivity contribution in [3.05, 3.63) is 0 Å². The van der Waals surface area contributed by atoms with Crippen LogP contribution in [0.4, 0.5) is 0 Å². The minimum Gasteiger partial charge on any atom is -0.480 e. The van der Waals surface area contributed by atoms with Crippen LogP contribution >= 0.6 is 0 Å². The van der Waals surface area contributed by atoms with Crippen LogP contribution in [0.3, 0.4) is 0 Å². The summed E-state index contributed by atoms with van der Waals surface area (Å²) in [7, 11) is 0. The number of aliphatic carboxylic acids is 1. The quantitative estimate of drug-likeness (QED) is 0.439. The molecule has 0 aromatic heterocycles. The van der Waals surface area contributed by atoms with E-state index >= 15 is 0 Å². The Balaban J connectivity index is 3.50. The molecule has 0 bridgehead atoms. The largest absolute Gasteiger partial charge is 0.480 e. The summed E-state index contributed by atoms with van der Waals surface area (Å²) in [4.78, 5) is 20.7. The van der Waals surface area contributed by atoms with Crippen LogP contribution in [-0.4, -0.2) is 23.5 Å². The first-order chi connectivity index (χ1) is 6.72. The fourth-order valence-corrected chi connectivity index (χ4v) is 1.31. The van der Waals surface area contributed by atoms with Crippen LogP contribution in [0, 0.1) is 0 Å². The molecule has 0 aliphatic carbocycles. The van der Waals surface area contributed by atoms with Gasteiger partial charge in [-0.25, -0.2) is 4.79 Å². The highest BCUT2D eigenvalue weighted by Gasteiger charge is 2.14. The molecule has 0 spiro atoms. The summed E-state index contributed by atoms with van der Waals surface area (Å²) in [6.07, 6.45) is 6.39. The Morgan fingerprint density at radius 3 is 2.50 bits per heavy atom. The van der Waals surface area contributed by atoms with Gasteiger partial charge in [-0.05, 0) is 6.42 Å². The van der Waals surface area contributed by atoms with E-state index in [4.69, 9.17) is 5.11 Å². The van der Waals surface area contributed by atoms with E-state index in [9.17, 15) is 9.59 Å². The van der Waals surface area contributed by atoms with Crippen LogP contribution in [0.5, 0.6) is 0 Å². The molecule has 0 fully saturated rings. The first-order valence-corrected chi connectivity index (χ1v) is 5.14. The summed E-state index contributed by atoms with van der Waals surface area (Å²) in [6.45, 7) is 2.13. The molecule has 0 aromatic carbocycles. The Morgan fingerprint density at radius 1 is 1.36 bits per heavy atom. The molecule has 14 heavy (non-hydrogen) atoms. The van der Waals surface area contributed by atoms with Gasteiger partial charge in [0, 0.05) is 0 Å². The minimum atomic E-state index is -0.951. The van der Waals surface area contributed by atoms with E-state index in [1.165, 1.54) is 12.8 Å². The maximum atomic E-state index is 10.6. The summed E-state index contributed by atoms with van der Waals surface area (Å²) >= 11 is 0. The van der Waals surface area contributed by atoms with Gasteiger partial charge in [0.2, 0.25) is 6.41 Å². The fourth-order valence-electron chi connectivity index (χ4n) is 1.31. The third-order valence-corrected chi connectivity index (χ3v) is 2.16. The maximum Gasteiger partial charge on any atom is 0.326 e. The zero-order chi connectivity index (χ0) is 10.8. The van der Waals surface area contributed by atoms with Gasteiger partial charge < -0.3 is 10.4 Å². The molecule has 1 amide bonds. The molecule has 1 atom stereocenters. The van der Waals surface area contributed by atoms with Crippen molar-refractivity contribution >= 4 is 12.4 Å². The predicted molar refractivity (Wildman–Crippen MR) is 54.0 cm³/mol. The number of rotatable bonds is 9. The van der Waals surface area contributed by atoms with E-state index in [0.29, 0.717) is 12.8 Å². The van der Waals surface area contributed by atoms with Gasteiger partial charge in [0.25, 0.3) is 0 Å². The summed E-state index contributed by atoms with van der Waals surface area (Å²) in [5.74, 6) is -0.951. The zero-order valence-electron chi connectivity index (χ0n) is 8.66. The van der Waals surface area contributed by atoms with Crippen LogP contribution in [0.15, 0.2) is 0 Å². The topological polar surface area (TPSA) is 66.4 Å². The summed E-state index contributed by atoms with van der Waals surface area (Å²) < 4.78 is 0. The van der Waals surface area contributed by atoms with E-state index in [1.807, 2.05) is 0 Å². The van der Waals surface area contributed by atoms with Gasteiger partial charge in [0.15, 0.2) is 0 Å². The van der Waals surface area contributed by atoms with Gasteiger partial charge >= 0.3 is 5.97 Å². The van der Waals surface area contributed by atoms with Crippen LogP contribution in [0.2, 0.25) is 0 Å². The van der Waals surface area contributed by atoms with Crippen molar-refractivity contribution in [3.63, 3.8) is 0 Å². The number of nitrogens with one attached hydrogen (secondary N) is 1. The average Bonchev–Trinajstić information content (AvgIpc) is 2.15. The second-order valence-corrected chi connectivity index (χ2v) is 3.38. The van der Waals surface area contributed by atoms with Crippen molar-refractivity contribution < 1.29 is 14.7 Å². The summed E-state index contributed by atoms with van der Waals surface area (Å²) in [5, 5.41) is 11.0. The Bertz CT molecular complexity index is 171. The number of hydrogen-bond acceptors (Lipinski definition) is 2. The fraction of sp³-hybridized carbons (Fsp3) is 0.800. The van der Waals surface area contributed by atoms with Gasteiger partial charge in [-0.15, -0.1) is 0 Å². The Morgan fingerprint density at radius 2 is 2.00 bits per heavy atom. The highest BCUT2D eigenvalue weighted by molar-refractivity contribution is 5.76. The van der Waals surface area contributed by atoms with Crippen molar-refractivity contribution in [1.82, 2.24) is 5.32 Å². The second-order valence-electron chi connectivity index (χ2n) is 3.38. The number of carbonyl (C=O) groups excluding carboxylic acids is 1. The number of amides is 1. The lowest BCUT2D eigenvalue weighted by Crippen LogP contribution is -2.35. The van der Waals surface area contributed by atoms with Crippen LogP contribution < -0.4 is 5.32 Å². The lowest BCUT2D eigenvalue weighted by molar-refractivity contribution is -0.140. The summed E-state index contributed by atoms with van der Waals surface area (Å²) in [5.41, 5.74) is 0. The second kappa shape index (κ2) is 8.53.